The van der Waals surface area contributed by atoms with Gasteiger partial charge in [0.05, 0.1) is 11.6 Å². The Labute approximate surface area is 286 Å². The van der Waals surface area contributed by atoms with Crippen LogP contribution in [0.1, 0.15) is 59.2 Å². The number of ketones is 1. The standard InChI is InChI=1S/C37H32ClN3O4S2/c1-22(2)24-12-14-25(15-13-24)32-31(33(42)26-16-18-29(19-17-26)45-20-27-9-5-4-8-23(27)3)34(43)35(44)41(32)36-39-40-37(47-36)46-21-28-10-6-7-11-30(28)38/h4-19,22,32,42H,20-21H2,1-3H3. The zero-order chi connectivity index (χ0) is 33.1. The van der Waals surface area contributed by atoms with Gasteiger partial charge in [-0.1, -0.05) is 115 Å². The van der Waals surface area contributed by atoms with E-state index in [1.54, 1.807) is 24.3 Å². The van der Waals surface area contributed by atoms with Gasteiger partial charge in [0.25, 0.3) is 5.78 Å². The van der Waals surface area contributed by atoms with Gasteiger partial charge in [0, 0.05) is 16.3 Å². The molecule has 5 aromatic rings. The minimum Gasteiger partial charge on any atom is -0.507 e. The third kappa shape index (κ3) is 6.98. The molecule has 238 valence electrons. The second-order valence-corrected chi connectivity index (χ2v) is 14.0. The van der Waals surface area contributed by atoms with Crippen LogP contribution in [0, 0.1) is 6.92 Å². The zero-order valence-electron chi connectivity index (χ0n) is 26.0. The summed E-state index contributed by atoms with van der Waals surface area (Å²) < 4.78 is 6.60. The molecule has 47 heavy (non-hydrogen) atoms. The summed E-state index contributed by atoms with van der Waals surface area (Å²) in [7, 11) is 0. The third-order valence-corrected chi connectivity index (χ3v) is 10.5. The first kappa shape index (κ1) is 32.5. The lowest BCUT2D eigenvalue weighted by Gasteiger charge is -2.23. The number of halogens is 1. The molecule has 1 aromatic heterocycles. The van der Waals surface area contributed by atoms with Crippen LogP contribution in [0.5, 0.6) is 5.75 Å². The number of amides is 1. The van der Waals surface area contributed by atoms with E-state index in [1.807, 2.05) is 79.7 Å². The Morgan fingerprint density at radius 1 is 0.936 bits per heavy atom. The Hall–Kier alpha value is -4.44. The Kier molecular flexibility index (Phi) is 9.77. The summed E-state index contributed by atoms with van der Waals surface area (Å²) >= 11 is 8.99. The highest BCUT2D eigenvalue weighted by atomic mass is 35.5. The largest absolute Gasteiger partial charge is 0.507 e. The number of carbonyl (C=O) groups is 2. The van der Waals surface area contributed by atoms with Gasteiger partial charge in [-0.2, -0.15) is 0 Å². The van der Waals surface area contributed by atoms with Crippen LogP contribution in [-0.2, 0) is 21.9 Å². The van der Waals surface area contributed by atoms with E-state index in [2.05, 4.69) is 24.0 Å². The number of nitrogens with zero attached hydrogens (tertiary/aromatic N) is 3. The van der Waals surface area contributed by atoms with E-state index in [9.17, 15) is 14.7 Å². The first-order valence-electron chi connectivity index (χ1n) is 15.1. The number of aryl methyl sites for hydroxylation is 1. The maximum absolute atomic E-state index is 13.7. The van der Waals surface area contributed by atoms with E-state index in [0.29, 0.717) is 44.5 Å². The number of benzene rings is 4. The van der Waals surface area contributed by atoms with Crippen LogP contribution in [-0.4, -0.2) is 27.0 Å². The van der Waals surface area contributed by atoms with Gasteiger partial charge in [0.15, 0.2) is 4.34 Å². The van der Waals surface area contributed by atoms with Crippen molar-refractivity contribution in [2.75, 3.05) is 4.90 Å². The number of carbonyl (C=O) groups excluding carboxylic acids is 2. The van der Waals surface area contributed by atoms with E-state index in [4.69, 9.17) is 16.3 Å². The highest BCUT2D eigenvalue weighted by Gasteiger charge is 2.48. The van der Waals surface area contributed by atoms with Gasteiger partial charge in [-0.3, -0.25) is 14.5 Å². The van der Waals surface area contributed by atoms with Crippen molar-refractivity contribution in [1.82, 2.24) is 10.2 Å². The SMILES string of the molecule is Cc1ccccc1COc1ccc(C(O)=C2C(=O)C(=O)N(c3nnc(SCc4ccccc4Cl)s3)C2c2ccc(C(C)C)cc2)cc1. The molecule has 4 aromatic carbocycles. The number of ether oxygens (including phenoxy) is 1. The molecule has 1 fully saturated rings. The summed E-state index contributed by atoms with van der Waals surface area (Å²) in [6.07, 6.45) is 0. The van der Waals surface area contributed by atoms with E-state index >= 15 is 0 Å². The van der Waals surface area contributed by atoms with Gasteiger partial charge in [0.1, 0.15) is 18.1 Å². The average Bonchev–Trinajstić information content (AvgIpc) is 3.65. The molecule has 1 atom stereocenters. The van der Waals surface area contributed by atoms with E-state index in [1.165, 1.54) is 28.0 Å². The molecule has 6 rings (SSSR count). The summed E-state index contributed by atoms with van der Waals surface area (Å²) in [6.45, 7) is 6.62. The fraction of sp³-hybridized carbons (Fsp3) is 0.189. The normalized spacial score (nSPS) is 15.9. The van der Waals surface area contributed by atoms with Crippen molar-refractivity contribution in [3.8, 4) is 5.75 Å². The van der Waals surface area contributed by atoms with E-state index in [0.717, 1.165) is 22.3 Å². The quantitative estimate of drug-likeness (QED) is 0.0517. The molecule has 0 aliphatic carbocycles. The highest BCUT2D eigenvalue weighted by molar-refractivity contribution is 8.00. The van der Waals surface area contributed by atoms with Crippen LogP contribution in [0.15, 0.2) is 107 Å². The van der Waals surface area contributed by atoms with Crippen molar-refractivity contribution in [2.24, 2.45) is 0 Å². The number of anilines is 1. The van der Waals surface area contributed by atoms with Crippen LogP contribution < -0.4 is 9.64 Å². The lowest BCUT2D eigenvalue weighted by molar-refractivity contribution is -0.132. The number of aliphatic hydroxyl groups excluding tert-OH is 1. The number of rotatable bonds is 10. The molecule has 0 saturated carbocycles. The fourth-order valence-corrected chi connectivity index (χ4v) is 7.47. The number of hydrogen-bond donors (Lipinski definition) is 1. The fourth-order valence-electron chi connectivity index (χ4n) is 5.32. The number of aliphatic hydroxyl groups is 1. The maximum Gasteiger partial charge on any atom is 0.301 e. The molecule has 7 nitrogen and oxygen atoms in total. The average molecular weight is 682 g/mol. The van der Waals surface area contributed by atoms with Gasteiger partial charge in [-0.15, -0.1) is 10.2 Å². The first-order valence-corrected chi connectivity index (χ1v) is 17.3. The number of hydrogen-bond acceptors (Lipinski definition) is 8. The Bertz CT molecular complexity index is 1960. The number of Topliss-reactive ketones (excluding diaryl/α,β-unsaturated/α-hetero) is 1. The first-order chi connectivity index (χ1) is 22.7. The van der Waals surface area contributed by atoms with Crippen LogP contribution >= 0.6 is 34.7 Å². The zero-order valence-corrected chi connectivity index (χ0v) is 28.4. The lowest BCUT2D eigenvalue weighted by atomic mass is 9.93. The lowest BCUT2D eigenvalue weighted by Crippen LogP contribution is -2.29. The smallest absolute Gasteiger partial charge is 0.301 e. The molecule has 2 heterocycles. The third-order valence-electron chi connectivity index (χ3n) is 8.06. The number of aromatic nitrogens is 2. The summed E-state index contributed by atoms with van der Waals surface area (Å²) in [6, 6.07) is 29.3. The molecule has 0 bridgehead atoms. The summed E-state index contributed by atoms with van der Waals surface area (Å²) in [5.41, 5.74) is 5.33. The Morgan fingerprint density at radius 3 is 2.30 bits per heavy atom. The van der Waals surface area contributed by atoms with Crippen LogP contribution in [0.3, 0.4) is 0 Å². The minimum absolute atomic E-state index is 0.0126. The summed E-state index contributed by atoms with van der Waals surface area (Å²) in [4.78, 5) is 28.7. The summed E-state index contributed by atoms with van der Waals surface area (Å²) in [5.74, 6) is -0.364. The molecule has 0 spiro atoms. The van der Waals surface area contributed by atoms with Crippen molar-refractivity contribution in [1.29, 1.82) is 0 Å². The van der Waals surface area contributed by atoms with Crippen molar-refractivity contribution in [2.45, 2.75) is 49.4 Å². The Morgan fingerprint density at radius 2 is 1.62 bits per heavy atom. The molecule has 10 heteroatoms. The topological polar surface area (TPSA) is 92.6 Å². The number of thioether (sulfide) groups is 1. The predicted octanol–water partition coefficient (Wildman–Crippen LogP) is 9.12. The van der Waals surface area contributed by atoms with Gasteiger partial charge in [0.2, 0.25) is 5.13 Å². The van der Waals surface area contributed by atoms with Gasteiger partial charge >= 0.3 is 5.91 Å². The van der Waals surface area contributed by atoms with Crippen molar-refractivity contribution >= 4 is 57.3 Å². The van der Waals surface area contributed by atoms with E-state index in [-0.39, 0.29) is 16.5 Å². The van der Waals surface area contributed by atoms with Crippen molar-refractivity contribution < 1.29 is 19.4 Å². The highest BCUT2D eigenvalue weighted by Crippen LogP contribution is 2.44. The second kappa shape index (κ2) is 14.1. The second-order valence-electron chi connectivity index (χ2n) is 11.5. The van der Waals surface area contributed by atoms with E-state index < -0.39 is 17.7 Å². The Balaban J connectivity index is 1.32. The predicted molar refractivity (Wildman–Crippen MR) is 188 cm³/mol. The van der Waals surface area contributed by atoms with Gasteiger partial charge in [-0.05, 0) is 71.0 Å². The minimum atomic E-state index is -0.900. The van der Waals surface area contributed by atoms with Crippen LogP contribution in [0.4, 0.5) is 5.13 Å². The van der Waals surface area contributed by atoms with Crippen LogP contribution in [0.25, 0.3) is 5.76 Å². The van der Waals surface area contributed by atoms with Gasteiger partial charge < -0.3 is 9.84 Å². The monoisotopic (exact) mass is 681 g/mol. The molecule has 1 amide bonds. The molecular weight excluding hydrogens is 650 g/mol. The molecule has 1 aliphatic rings. The molecule has 1 unspecified atom stereocenters. The van der Waals surface area contributed by atoms with Crippen molar-refractivity contribution in [3.63, 3.8) is 0 Å². The van der Waals surface area contributed by atoms with Crippen molar-refractivity contribution in [3.05, 3.63) is 141 Å². The van der Waals surface area contributed by atoms with Crippen LogP contribution in [0.2, 0.25) is 5.02 Å². The molecule has 1 saturated heterocycles. The molecule has 0 radical (unpaired) electrons. The maximum atomic E-state index is 13.7. The molecule has 1 N–H and O–H groups in total. The molecular formula is C37H32ClN3O4S2. The molecule has 1 aliphatic heterocycles. The van der Waals surface area contributed by atoms with Gasteiger partial charge in [-0.25, -0.2) is 0 Å². The summed E-state index contributed by atoms with van der Waals surface area (Å²) in [5, 5.41) is 21.2.